The van der Waals surface area contributed by atoms with Crippen molar-refractivity contribution < 1.29 is 14.3 Å². The lowest BCUT2D eigenvalue weighted by atomic mass is 10.1. The SMILES string of the molecule is CNC(=O)C1COCCN1C(=O)CNC(C)(C)C. The lowest BCUT2D eigenvalue weighted by Crippen LogP contribution is -2.57. The Morgan fingerprint density at radius 3 is 2.61 bits per heavy atom. The minimum atomic E-state index is -0.516. The molecule has 1 rings (SSSR count). The highest BCUT2D eigenvalue weighted by Gasteiger charge is 2.32. The summed E-state index contributed by atoms with van der Waals surface area (Å²) in [5.41, 5.74) is -0.121. The number of nitrogens with one attached hydrogen (secondary N) is 2. The van der Waals surface area contributed by atoms with Crippen LogP contribution in [0.15, 0.2) is 0 Å². The fourth-order valence-corrected chi connectivity index (χ4v) is 1.73. The van der Waals surface area contributed by atoms with Crippen LogP contribution in [0, 0.1) is 0 Å². The minimum absolute atomic E-state index is 0.0678. The molecule has 0 aromatic rings. The Hall–Kier alpha value is -1.14. The quantitative estimate of drug-likeness (QED) is 0.705. The van der Waals surface area contributed by atoms with Gasteiger partial charge >= 0.3 is 0 Å². The summed E-state index contributed by atoms with van der Waals surface area (Å²) in [6.07, 6.45) is 0. The van der Waals surface area contributed by atoms with Gasteiger partial charge in [0.15, 0.2) is 0 Å². The van der Waals surface area contributed by atoms with Crippen LogP contribution >= 0.6 is 0 Å². The fraction of sp³-hybridized carbons (Fsp3) is 0.833. The Kier molecular flexibility index (Phi) is 5.10. The van der Waals surface area contributed by atoms with E-state index in [0.717, 1.165) is 0 Å². The lowest BCUT2D eigenvalue weighted by Gasteiger charge is -2.35. The highest BCUT2D eigenvalue weighted by Crippen LogP contribution is 2.08. The van der Waals surface area contributed by atoms with Gasteiger partial charge in [0.2, 0.25) is 11.8 Å². The van der Waals surface area contributed by atoms with Gasteiger partial charge in [0.25, 0.3) is 0 Å². The van der Waals surface area contributed by atoms with Crippen molar-refractivity contribution in [1.82, 2.24) is 15.5 Å². The van der Waals surface area contributed by atoms with Crippen molar-refractivity contribution in [3.8, 4) is 0 Å². The van der Waals surface area contributed by atoms with E-state index >= 15 is 0 Å². The van der Waals surface area contributed by atoms with Crippen molar-refractivity contribution in [2.45, 2.75) is 32.4 Å². The number of carbonyl (C=O) groups excluding carboxylic acids is 2. The summed E-state index contributed by atoms with van der Waals surface area (Å²) in [5, 5.41) is 5.69. The smallest absolute Gasteiger partial charge is 0.244 e. The third kappa shape index (κ3) is 4.27. The largest absolute Gasteiger partial charge is 0.377 e. The average Bonchev–Trinajstić information content (AvgIpc) is 2.34. The molecule has 1 unspecified atom stereocenters. The number of amides is 2. The molecule has 104 valence electrons. The van der Waals surface area contributed by atoms with Crippen LogP contribution in [0.2, 0.25) is 0 Å². The van der Waals surface area contributed by atoms with Crippen LogP contribution in [0.3, 0.4) is 0 Å². The van der Waals surface area contributed by atoms with E-state index in [9.17, 15) is 9.59 Å². The molecule has 0 aliphatic carbocycles. The van der Waals surface area contributed by atoms with E-state index in [-0.39, 0.29) is 30.5 Å². The van der Waals surface area contributed by atoms with Crippen LogP contribution < -0.4 is 10.6 Å². The molecule has 1 heterocycles. The van der Waals surface area contributed by atoms with Crippen LogP contribution in [0.1, 0.15) is 20.8 Å². The van der Waals surface area contributed by atoms with Gasteiger partial charge in [-0.25, -0.2) is 0 Å². The molecular formula is C12H23N3O3. The van der Waals surface area contributed by atoms with E-state index < -0.39 is 6.04 Å². The second-order valence-electron chi connectivity index (χ2n) is 5.40. The number of hydrogen-bond acceptors (Lipinski definition) is 4. The Morgan fingerprint density at radius 1 is 1.39 bits per heavy atom. The molecule has 6 nitrogen and oxygen atoms in total. The van der Waals surface area contributed by atoms with Gasteiger partial charge in [-0.05, 0) is 20.8 Å². The molecule has 1 saturated heterocycles. The molecule has 2 N–H and O–H groups in total. The zero-order valence-electron chi connectivity index (χ0n) is 11.6. The lowest BCUT2D eigenvalue weighted by molar-refractivity contribution is -0.147. The third-order valence-electron chi connectivity index (χ3n) is 2.77. The van der Waals surface area contributed by atoms with Gasteiger partial charge in [-0.2, -0.15) is 0 Å². The van der Waals surface area contributed by atoms with E-state index in [0.29, 0.717) is 13.2 Å². The van der Waals surface area contributed by atoms with Gasteiger partial charge in [0.05, 0.1) is 19.8 Å². The molecule has 0 aromatic carbocycles. The molecule has 1 aliphatic rings. The number of nitrogens with zero attached hydrogens (tertiary/aromatic N) is 1. The summed E-state index contributed by atoms with van der Waals surface area (Å²) in [7, 11) is 1.56. The van der Waals surface area contributed by atoms with Gasteiger partial charge in [0, 0.05) is 19.1 Å². The topological polar surface area (TPSA) is 70.7 Å². The monoisotopic (exact) mass is 257 g/mol. The molecule has 18 heavy (non-hydrogen) atoms. The van der Waals surface area contributed by atoms with Crippen LogP contribution in [0.25, 0.3) is 0 Å². The van der Waals surface area contributed by atoms with Crippen LogP contribution in [-0.2, 0) is 14.3 Å². The van der Waals surface area contributed by atoms with Gasteiger partial charge in [-0.15, -0.1) is 0 Å². The standard InChI is InChI=1S/C12H23N3O3/c1-12(2,3)14-7-10(16)15-5-6-18-8-9(15)11(17)13-4/h9,14H,5-8H2,1-4H3,(H,13,17). The summed E-state index contributed by atoms with van der Waals surface area (Å²) in [6, 6.07) is -0.516. The Balaban J connectivity index is 2.60. The van der Waals surface area contributed by atoms with Crippen molar-refractivity contribution in [2.75, 3.05) is 33.4 Å². The molecule has 1 aliphatic heterocycles. The van der Waals surface area contributed by atoms with Crippen molar-refractivity contribution in [3.05, 3.63) is 0 Å². The van der Waals surface area contributed by atoms with Crippen LogP contribution in [0.4, 0.5) is 0 Å². The second kappa shape index (κ2) is 6.15. The predicted octanol–water partition coefficient (Wildman–Crippen LogP) is -0.652. The maximum Gasteiger partial charge on any atom is 0.244 e. The van der Waals surface area contributed by atoms with Gasteiger partial charge in [-0.1, -0.05) is 0 Å². The van der Waals surface area contributed by atoms with E-state index in [1.807, 2.05) is 20.8 Å². The first-order valence-corrected chi connectivity index (χ1v) is 6.19. The average molecular weight is 257 g/mol. The summed E-state index contributed by atoms with van der Waals surface area (Å²) in [6.45, 7) is 7.43. The Bertz CT molecular complexity index is 312. The molecule has 1 atom stereocenters. The van der Waals surface area contributed by atoms with E-state index in [1.54, 1.807) is 11.9 Å². The summed E-state index contributed by atoms with van der Waals surface area (Å²) in [4.78, 5) is 25.4. The van der Waals surface area contributed by atoms with Gasteiger partial charge in [-0.3, -0.25) is 9.59 Å². The van der Waals surface area contributed by atoms with Crippen molar-refractivity contribution in [1.29, 1.82) is 0 Å². The second-order valence-corrected chi connectivity index (χ2v) is 5.40. The maximum absolute atomic E-state index is 12.1. The number of ether oxygens (including phenoxy) is 1. The molecule has 0 aromatic heterocycles. The third-order valence-corrected chi connectivity index (χ3v) is 2.77. The molecular weight excluding hydrogens is 234 g/mol. The molecule has 1 fully saturated rings. The first-order valence-electron chi connectivity index (χ1n) is 6.19. The Labute approximate surface area is 108 Å². The number of likely N-dealkylation sites (N-methyl/N-ethyl adjacent to an activating group) is 1. The summed E-state index contributed by atoms with van der Waals surface area (Å²) < 4.78 is 5.26. The molecule has 0 saturated carbocycles. The Morgan fingerprint density at radius 2 is 2.06 bits per heavy atom. The van der Waals surface area contributed by atoms with E-state index in [1.165, 1.54) is 0 Å². The summed E-state index contributed by atoms with van der Waals surface area (Å²) >= 11 is 0. The highest BCUT2D eigenvalue weighted by atomic mass is 16.5. The number of morpholine rings is 1. The minimum Gasteiger partial charge on any atom is -0.377 e. The summed E-state index contributed by atoms with van der Waals surface area (Å²) in [5.74, 6) is -0.249. The number of rotatable bonds is 3. The van der Waals surface area contributed by atoms with Crippen molar-refractivity contribution in [2.24, 2.45) is 0 Å². The number of carbonyl (C=O) groups is 2. The van der Waals surface area contributed by atoms with Crippen LogP contribution in [-0.4, -0.2) is 61.6 Å². The normalized spacial score (nSPS) is 20.7. The number of hydrogen-bond donors (Lipinski definition) is 2. The molecule has 0 spiro atoms. The van der Waals surface area contributed by atoms with Crippen LogP contribution in [0.5, 0.6) is 0 Å². The van der Waals surface area contributed by atoms with Gasteiger partial charge < -0.3 is 20.3 Å². The molecule has 6 heteroatoms. The van der Waals surface area contributed by atoms with Gasteiger partial charge in [0.1, 0.15) is 6.04 Å². The molecule has 0 radical (unpaired) electrons. The molecule has 0 bridgehead atoms. The first kappa shape index (κ1) is 14.9. The zero-order valence-corrected chi connectivity index (χ0v) is 11.6. The van der Waals surface area contributed by atoms with Crippen molar-refractivity contribution in [3.63, 3.8) is 0 Å². The zero-order chi connectivity index (χ0) is 13.8. The van der Waals surface area contributed by atoms with Crippen molar-refractivity contribution >= 4 is 11.8 Å². The first-order chi connectivity index (χ1) is 8.35. The fourth-order valence-electron chi connectivity index (χ4n) is 1.73. The maximum atomic E-state index is 12.1. The highest BCUT2D eigenvalue weighted by molar-refractivity contribution is 5.88. The van der Waals surface area contributed by atoms with E-state index in [4.69, 9.17) is 4.74 Å². The molecule has 2 amide bonds. The van der Waals surface area contributed by atoms with E-state index in [2.05, 4.69) is 10.6 Å². The predicted molar refractivity (Wildman–Crippen MR) is 68.1 cm³/mol.